The molecule has 0 bridgehead atoms. The molecule has 0 radical (unpaired) electrons. The number of sulfone groups is 1. The van der Waals surface area contributed by atoms with Gasteiger partial charge in [0.2, 0.25) is 0 Å². The Labute approximate surface area is 112 Å². The molecular weight excluding hydrogens is 248 g/mol. The van der Waals surface area contributed by atoms with Crippen molar-refractivity contribution in [3.8, 4) is 0 Å². The van der Waals surface area contributed by atoms with E-state index in [0.29, 0.717) is 25.3 Å². The summed E-state index contributed by atoms with van der Waals surface area (Å²) in [5, 5.41) is 0. The summed E-state index contributed by atoms with van der Waals surface area (Å²) in [6.07, 6.45) is 6.62. The van der Waals surface area contributed by atoms with Gasteiger partial charge in [-0.15, -0.1) is 0 Å². The predicted molar refractivity (Wildman–Crippen MR) is 76.4 cm³/mol. The summed E-state index contributed by atoms with van der Waals surface area (Å²) in [4.78, 5) is 2.19. The molecule has 4 nitrogen and oxygen atoms in total. The molecule has 0 aromatic rings. The second-order valence-corrected chi connectivity index (χ2v) is 7.87. The van der Waals surface area contributed by atoms with Crippen LogP contribution in [0, 0.1) is 0 Å². The van der Waals surface area contributed by atoms with Gasteiger partial charge >= 0.3 is 0 Å². The van der Waals surface area contributed by atoms with Gasteiger partial charge in [0.25, 0.3) is 0 Å². The zero-order valence-corrected chi connectivity index (χ0v) is 12.6. The van der Waals surface area contributed by atoms with Gasteiger partial charge in [0, 0.05) is 24.4 Å². The van der Waals surface area contributed by atoms with Crippen molar-refractivity contribution in [2.75, 3.05) is 31.6 Å². The number of rotatable bonds is 7. The average Bonchev–Trinajstić information content (AvgIpc) is 2.37. The molecule has 0 atom stereocenters. The van der Waals surface area contributed by atoms with Gasteiger partial charge in [-0.2, -0.15) is 0 Å². The Balaban J connectivity index is 2.55. The molecule has 0 saturated heterocycles. The molecule has 0 amide bonds. The monoisotopic (exact) mass is 276 g/mol. The van der Waals surface area contributed by atoms with Crippen molar-refractivity contribution >= 4 is 9.84 Å². The number of likely N-dealkylation sites (N-methyl/N-ethyl adjacent to an activating group) is 1. The summed E-state index contributed by atoms with van der Waals surface area (Å²) in [5.41, 5.74) is 5.99. The molecule has 0 aromatic heterocycles. The van der Waals surface area contributed by atoms with Gasteiger partial charge in [0.15, 0.2) is 9.84 Å². The number of nitrogens with zero attached hydrogens (tertiary/aromatic N) is 1. The lowest BCUT2D eigenvalue weighted by Gasteiger charge is -2.44. The molecule has 0 spiro atoms. The maximum Gasteiger partial charge on any atom is 0.151 e. The molecule has 0 aromatic carbocycles. The Morgan fingerprint density at radius 1 is 1.17 bits per heavy atom. The lowest BCUT2D eigenvalue weighted by Crippen LogP contribution is -2.54. The van der Waals surface area contributed by atoms with Crippen LogP contribution in [0.3, 0.4) is 0 Å². The highest BCUT2D eigenvalue weighted by atomic mass is 32.2. The quantitative estimate of drug-likeness (QED) is 0.763. The maximum atomic E-state index is 11.8. The fourth-order valence-electron chi connectivity index (χ4n) is 2.88. The van der Waals surface area contributed by atoms with E-state index >= 15 is 0 Å². The van der Waals surface area contributed by atoms with Crippen LogP contribution in [-0.4, -0.2) is 50.5 Å². The van der Waals surface area contributed by atoms with Crippen LogP contribution in [0.1, 0.15) is 45.4 Å². The van der Waals surface area contributed by atoms with E-state index in [4.69, 9.17) is 5.73 Å². The zero-order valence-electron chi connectivity index (χ0n) is 11.8. The van der Waals surface area contributed by atoms with Crippen LogP contribution in [0.25, 0.3) is 0 Å². The minimum absolute atomic E-state index is 0.0417. The van der Waals surface area contributed by atoms with Crippen molar-refractivity contribution in [2.24, 2.45) is 5.73 Å². The van der Waals surface area contributed by atoms with Gasteiger partial charge in [0.1, 0.15) is 0 Å². The van der Waals surface area contributed by atoms with E-state index in [9.17, 15) is 8.42 Å². The van der Waals surface area contributed by atoms with E-state index in [1.807, 2.05) is 14.0 Å². The number of hydrogen-bond acceptors (Lipinski definition) is 4. The number of nitrogens with two attached hydrogens (primary N) is 1. The fraction of sp³-hybridized carbons (Fsp3) is 1.00. The highest BCUT2D eigenvalue weighted by Crippen LogP contribution is 2.31. The second kappa shape index (κ2) is 6.87. The normalized spacial score (nSPS) is 20.2. The SMILES string of the molecule is CCCS(=O)(=O)CCN(C)C1(CN)CCCCC1. The maximum absolute atomic E-state index is 11.8. The van der Waals surface area contributed by atoms with Crippen molar-refractivity contribution in [3.05, 3.63) is 0 Å². The third-order valence-corrected chi connectivity index (χ3v) is 6.06. The minimum Gasteiger partial charge on any atom is -0.329 e. The van der Waals surface area contributed by atoms with Crippen LogP contribution < -0.4 is 5.73 Å². The summed E-state index contributed by atoms with van der Waals surface area (Å²) in [5.74, 6) is 0.565. The van der Waals surface area contributed by atoms with Gasteiger partial charge in [-0.25, -0.2) is 8.42 Å². The molecule has 1 fully saturated rings. The highest BCUT2D eigenvalue weighted by molar-refractivity contribution is 7.91. The van der Waals surface area contributed by atoms with E-state index < -0.39 is 9.84 Å². The van der Waals surface area contributed by atoms with Crippen molar-refractivity contribution < 1.29 is 8.42 Å². The number of hydrogen-bond donors (Lipinski definition) is 1. The zero-order chi connectivity index (χ0) is 13.6. The van der Waals surface area contributed by atoms with Crippen LogP contribution in [0.5, 0.6) is 0 Å². The van der Waals surface area contributed by atoms with Gasteiger partial charge in [-0.1, -0.05) is 26.2 Å². The van der Waals surface area contributed by atoms with E-state index in [1.54, 1.807) is 0 Å². The molecule has 1 aliphatic rings. The van der Waals surface area contributed by atoms with Gasteiger partial charge in [0.05, 0.1) is 5.75 Å². The Morgan fingerprint density at radius 3 is 2.28 bits per heavy atom. The molecule has 1 aliphatic carbocycles. The molecule has 0 unspecified atom stereocenters. The predicted octanol–water partition coefficient (Wildman–Crippen LogP) is 1.40. The minimum atomic E-state index is -2.88. The van der Waals surface area contributed by atoms with E-state index in [0.717, 1.165) is 12.8 Å². The van der Waals surface area contributed by atoms with E-state index in [1.165, 1.54) is 19.3 Å². The third kappa shape index (κ3) is 4.21. The van der Waals surface area contributed by atoms with Gasteiger partial charge < -0.3 is 5.73 Å². The lowest BCUT2D eigenvalue weighted by atomic mass is 9.80. The summed E-state index contributed by atoms with van der Waals surface area (Å²) in [6.45, 7) is 3.15. The van der Waals surface area contributed by atoms with Crippen molar-refractivity contribution in [1.82, 2.24) is 4.90 Å². The first kappa shape index (κ1) is 15.9. The smallest absolute Gasteiger partial charge is 0.151 e. The molecule has 18 heavy (non-hydrogen) atoms. The third-order valence-electron chi connectivity index (χ3n) is 4.23. The fourth-order valence-corrected chi connectivity index (χ4v) is 4.26. The Morgan fingerprint density at radius 2 is 1.78 bits per heavy atom. The van der Waals surface area contributed by atoms with Crippen molar-refractivity contribution in [3.63, 3.8) is 0 Å². The molecule has 1 saturated carbocycles. The van der Waals surface area contributed by atoms with Crippen LogP contribution in [0.15, 0.2) is 0 Å². The summed E-state index contributed by atoms with van der Waals surface area (Å²) in [7, 11) is -0.855. The molecule has 5 heteroatoms. The molecule has 0 aliphatic heterocycles. The first-order valence-electron chi connectivity index (χ1n) is 7.07. The van der Waals surface area contributed by atoms with Crippen LogP contribution in [0.2, 0.25) is 0 Å². The van der Waals surface area contributed by atoms with Crippen LogP contribution in [0.4, 0.5) is 0 Å². The average molecular weight is 276 g/mol. The molecule has 1 rings (SSSR count). The Bertz CT molecular complexity index is 335. The highest BCUT2D eigenvalue weighted by Gasteiger charge is 2.34. The van der Waals surface area contributed by atoms with Gasteiger partial charge in [-0.3, -0.25) is 4.90 Å². The summed E-state index contributed by atoms with van der Waals surface area (Å²) in [6, 6.07) is 0. The molecule has 0 heterocycles. The van der Waals surface area contributed by atoms with Crippen molar-refractivity contribution in [1.29, 1.82) is 0 Å². The topological polar surface area (TPSA) is 63.4 Å². The van der Waals surface area contributed by atoms with Gasteiger partial charge in [-0.05, 0) is 26.3 Å². The lowest BCUT2D eigenvalue weighted by molar-refractivity contribution is 0.0888. The molecule has 108 valence electrons. The Kier molecular flexibility index (Phi) is 6.08. The first-order chi connectivity index (χ1) is 8.46. The van der Waals surface area contributed by atoms with E-state index in [-0.39, 0.29) is 11.3 Å². The Hall–Kier alpha value is -0.130. The van der Waals surface area contributed by atoms with Crippen LogP contribution >= 0.6 is 0 Å². The molecule has 2 N–H and O–H groups in total. The van der Waals surface area contributed by atoms with E-state index in [2.05, 4.69) is 4.90 Å². The standard InChI is InChI=1S/C13H28N2O2S/c1-3-10-18(16,17)11-9-15(2)13(12-14)7-5-4-6-8-13/h3-12,14H2,1-2H3. The largest absolute Gasteiger partial charge is 0.329 e. The molecular formula is C13H28N2O2S. The second-order valence-electron chi connectivity index (χ2n) is 5.56. The van der Waals surface area contributed by atoms with Crippen molar-refractivity contribution in [2.45, 2.75) is 51.0 Å². The summed E-state index contributed by atoms with van der Waals surface area (Å²) >= 11 is 0. The summed E-state index contributed by atoms with van der Waals surface area (Å²) < 4.78 is 23.5. The first-order valence-corrected chi connectivity index (χ1v) is 8.90. The van der Waals surface area contributed by atoms with Crippen LogP contribution in [-0.2, 0) is 9.84 Å².